The van der Waals surface area contributed by atoms with Crippen LogP contribution in [0.15, 0.2) is 23.8 Å². The van der Waals surface area contributed by atoms with Crippen molar-refractivity contribution in [2.45, 2.75) is 58.7 Å². The highest BCUT2D eigenvalue weighted by molar-refractivity contribution is 5.21. The molecule has 0 saturated carbocycles. The number of rotatable bonds is 7. The Balaban J connectivity index is 2.04. The molecule has 0 N–H and O–H groups in total. The molecule has 1 aliphatic heterocycles. The smallest absolute Gasteiger partial charge is 0.157 e. The van der Waals surface area contributed by atoms with Crippen molar-refractivity contribution in [3.05, 3.63) is 23.8 Å². The van der Waals surface area contributed by atoms with E-state index >= 15 is 0 Å². The van der Waals surface area contributed by atoms with E-state index in [0.29, 0.717) is 0 Å². The summed E-state index contributed by atoms with van der Waals surface area (Å²) in [6.45, 7) is 9.81. The molecule has 0 amide bonds. The average molecular weight is 238 g/mol. The van der Waals surface area contributed by atoms with Crippen LogP contribution < -0.4 is 0 Å². The van der Waals surface area contributed by atoms with Gasteiger partial charge in [-0.05, 0) is 57.9 Å². The molecule has 1 atom stereocenters. The Bertz CT molecular complexity index is 246. The zero-order valence-corrected chi connectivity index (χ0v) is 11.3. The highest BCUT2D eigenvalue weighted by atomic mass is 16.7. The van der Waals surface area contributed by atoms with E-state index in [-0.39, 0.29) is 6.29 Å². The number of hydrogen-bond acceptors (Lipinski definition) is 2. The minimum absolute atomic E-state index is 0.0612. The largest absolute Gasteiger partial charge is 0.353 e. The lowest BCUT2D eigenvalue weighted by molar-refractivity contribution is -0.162. The number of unbranched alkanes of at least 4 members (excludes halogenated alkanes) is 1. The van der Waals surface area contributed by atoms with Crippen LogP contribution in [0.2, 0.25) is 0 Å². The quantitative estimate of drug-likeness (QED) is 0.488. The van der Waals surface area contributed by atoms with Crippen molar-refractivity contribution < 1.29 is 9.47 Å². The zero-order valence-electron chi connectivity index (χ0n) is 11.3. The second kappa shape index (κ2) is 8.48. The summed E-state index contributed by atoms with van der Waals surface area (Å²) in [7, 11) is 0. The molecule has 1 heterocycles. The molecule has 1 rings (SSSR count). The van der Waals surface area contributed by atoms with E-state index in [4.69, 9.17) is 9.47 Å². The van der Waals surface area contributed by atoms with E-state index < -0.39 is 0 Å². The van der Waals surface area contributed by atoms with Gasteiger partial charge < -0.3 is 9.47 Å². The molecule has 0 radical (unpaired) electrons. The van der Waals surface area contributed by atoms with Gasteiger partial charge in [0.15, 0.2) is 6.29 Å². The maximum Gasteiger partial charge on any atom is 0.157 e. The van der Waals surface area contributed by atoms with E-state index in [1.807, 2.05) is 6.08 Å². The summed E-state index contributed by atoms with van der Waals surface area (Å²) in [5.74, 6) is 0. The van der Waals surface area contributed by atoms with Crippen molar-refractivity contribution in [2.24, 2.45) is 0 Å². The van der Waals surface area contributed by atoms with E-state index in [1.165, 1.54) is 30.4 Å². The first-order valence-corrected chi connectivity index (χ1v) is 6.76. The first-order valence-electron chi connectivity index (χ1n) is 6.76. The van der Waals surface area contributed by atoms with Gasteiger partial charge in [-0.2, -0.15) is 0 Å². The highest BCUT2D eigenvalue weighted by Crippen LogP contribution is 2.16. The van der Waals surface area contributed by atoms with Crippen LogP contribution in [0.4, 0.5) is 0 Å². The summed E-state index contributed by atoms with van der Waals surface area (Å²) < 4.78 is 11.2. The van der Waals surface area contributed by atoms with Gasteiger partial charge in [0.05, 0.1) is 0 Å². The maximum absolute atomic E-state index is 5.69. The lowest BCUT2D eigenvalue weighted by Crippen LogP contribution is -2.22. The number of allylic oxidation sites excluding steroid dienone is 3. The lowest BCUT2D eigenvalue weighted by atomic mass is 10.0. The Kier molecular flexibility index (Phi) is 7.22. The topological polar surface area (TPSA) is 18.5 Å². The van der Waals surface area contributed by atoms with Crippen molar-refractivity contribution in [1.29, 1.82) is 0 Å². The summed E-state index contributed by atoms with van der Waals surface area (Å²) >= 11 is 0. The first-order chi connectivity index (χ1) is 8.24. The van der Waals surface area contributed by atoms with Gasteiger partial charge in [0.1, 0.15) is 0 Å². The van der Waals surface area contributed by atoms with Crippen LogP contribution in [0.3, 0.4) is 0 Å². The summed E-state index contributed by atoms with van der Waals surface area (Å²) in [5.41, 5.74) is 2.75. The summed E-state index contributed by atoms with van der Waals surface area (Å²) in [5, 5.41) is 0. The average Bonchev–Trinajstić information content (AvgIpc) is 2.34. The second-order valence-corrected chi connectivity index (χ2v) is 4.85. The number of ether oxygens (including phenoxy) is 2. The molecule has 17 heavy (non-hydrogen) atoms. The Labute approximate surface area is 106 Å². The molecule has 0 aromatic heterocycles. The predicted octanol–water partition coefficient (Wildman–Crippen LogP) is 4.22. The molecule has 2 heteroatoms. The molecular weight excluding hydrogens is 212 g/mol. The molecule has 1 unspecified atom stereocenters. The molecule has 0 spiro atoms. The second-order valence-electron chi connectivity index (χ2n) is 4.85. The SMILES string of the molecule is C=CC(CCCCOC1CCCCO1)=C(C)C. The Morgan fingerprint density at radius 3 is 2.76 bits per heavy atom. The highest BCUT2D eigenvalue weighted by Gasteiger charge is 2.13. The molecule has 0 aromatic carbocycles. The van der Waals surface area contributed by atoms with E-state index in [2.05, 4.69) is 20.4 Å². The molecule has 1 fully saturated rings. The summed E-state index contributed by atoms with van der Waals surface area (Å²) in [4.78, 5) is 0. The molecule has 0 aliphatic carbocycles. The van der Waals surface area contributed by atoms with Gasteiger partial charge in [-0.3, -0.25) is 0 Å². The van der Waals surface area contributed by atoms with Crippen LogP contribution in [0.25, 0.3) is 0 Å². The fourth-order valence-corrected chi connectivity index (χ4v) is 2.03. The minimum atomic E-state index is 0.0612. The summed E-state index contributed by atoms with van der Waals surface area (Å²) in [6.07, 6.45) is 8.90. The van der Waals surface area contributed by atoms with Gasteiger partial charge >= 0.3 is 0 Å². The normalized spacial score (nSPS) is 20.0. The van der Waals surface area contributed by atoms with Gasteiger partial charge in [-0.25, -0.2) is 0 Å². The first kappa shape index (κ1) is 14.5. The van der Waals surface area contributed by atoms with E-state index in [0.717, 1.165) is 32.5 Å². The standard InChI is InChI=1S/C15H26O2/c1-4-14(13(2)3)9-5-7-11-16-15-10-6-8-12-17-15/h4,15H,1,5-12H2,2-3H3. The van der Waals surface area contributed by atoms with Crippen molar-refractivity contribution in [1.82, 2.24) is 0 Å². The number of hydrogen-bond donors (Lipinski definition) is 0. The minimum Gasteiger partial charge on any atom is -0.353 e. The fourth-order valence-electron chi connectivity index (χ4n) is 2.03. The molecule has 2 nitrogen and oxygen atoms in total. The molecule has 98 valence electrons. The molecule has 0 aromatic rings. The van der Waals surface area contributed by atoms with Gasteiger partial charge in [-0.1, -0.05) is 18.2 Å². The van der Waals surface area contributed by atoms with Gasteiger partial charge in [0.25, 0.3) is 0 Å². The van der Waals surface area contributed by atoms with Gasteiger partial charge in [0.2, 0.25) is 0 Å². The van der Waals surface area contributed by atoms with Crippen LogP contribution in [-0.4, -0.2) is 19.5 Å². The lowest BCUT2D eigenvalue weighted by Gasteiger charge is -2.22. The zero-order chi connectivity index (χ0) is 12.5. The van der Waals surface area contributed by atoms with E-state index in [9.17, 15) is 0 Å². The van der Waals surface area contributed by atoms with Crippen molar-refractivity contribution in [3.63, 3.8) is 0 Å². The van der Waals surface area contributed by atoms with Gasteiger partial charge in [0, 0.05) is 13.2 Å². The molecule has 1 aliphatic rings. The monoisotopic (exact) mass is 238 g/mol. The third-order valence-electron chi connectivity index (χ3n) is 3.17. The third kappa shape index (κ3) is 6.04. The van der Waals surface area contributed by atoms with Crippen LogP contribution in [0, 0.1) is 0 Å². The fraction of sp³-hybridized carbons (Fsp3) is 0.733. The van der Waals surface area contributed by atoms with Crippen molar-refractivity contribution in [2.75, 3.05) is 13.2 Å². The van der Waals surface area contributed by atoms with Crippen molar-refractivity contribution in [3.8, 4) is 0 Å². The van der Waals surface area contributed by atoms with Crippen LogP contribution >= 0.6 is 0 Å². The molecular formula is C15H26O2. The predicted molar refractivity (Wildman–Crippen MR) is 72.0 cm³/mol. The van der Waals surface area contributed by atoms with Crippen LogP contribution in [0.1, 0.15) is 52.4 Å². The third-order valence-corrected chi connectivity index (χ3v) is 3.17. The Hall–Kier alpha value is -0.600. The summed E-state index contributed by atoms with van der Waals surface area (Å²) in [6, 6.07) is 0. The van der Waals surface area contributed by atoms with Gasteiger partial charge in [-0.15, -0.1) is 0 Å². The van der Waals surface area contributed by atoms with Crippen molar-refractivity contribution >= 4 is 0 Å². The molecule has 0 bridgehead atoms. The maximum atomic E-state index is 5.69. The Morgan fingerprint density at radius 2 is 2.18 bits per heavy atom. The molecule has 1 saturated heterocycles. The van der Waals surface area contributed by atoms with Crippen LogP contribution in [0.5, 0.6) is 0 Å². The Morgan fingerprint density at radius 1 is 1.35 bits per heavy atom. The van der Waals surface area contributed by atoms with Crippen LogP contribution in [-0.2, 0) is 9.47 Å². The van der Waals surface area contributed by atoms with E-state index in [1.54, 1.807) is 0 Å².